The molecular formula is C17H15ClN6OS2. The SMILES string of the molecule is CC(=O)Nc1cccc(Nc2nnc(Sc3cc(Cl)nc(C4CC4)n3)s2)c1. The van der Waals surface area contributed by atoms with Gasteiger partial charge in [-0.1, -0.05) is 29.0 Å². The lowest BCUT2D eigenvalue weighted by atomic mass is 10.3. The smallest absolute Gasteiger partial charge is 0.221 e. The number of carbonyl (C=O) groups is 1. The first kappa shape index (κ1) is 18.1. The lowest BCUT2D eigenvalue weighted by molar-refractivity contribution is -0.114. The number of carbonyl (C=O) groups excluding carboxylic acids is 1. The van der Waals surface area contributed by atoms with E-state index in [1.54, 1.807) is 6.07 Å². The maximum absolute atomic E-state index is 11.2. The van der Waals surface area contributed by atoms with Crippen molar-refractivity contribution >= 4 is 57.1 Å². The van der Waals surface area contributed by atoms with E-state index in [-0.39, 0.29) is 5.91 Å². The molecule has 0 spiro atoms. The first-order valence-corrected chi connectivity index (χ1v) is 10.3. The van der Waals surface area contributed by atoms with Crippen LogP contribution in [0, 0.1) is 0 Å². The van der Waals surface area contributed by atoms with Crippen LogP contribution in [0.1, 0.15) is 31.5 Å². The molecule has 1 amide bonds. The van der Waals surface area contributed by atoms with Gasteiger partial charge in [0.25, 0.3) is 0 Å². The van der Waals surface area contributed by atoms with Crippen LogP contribution in [0.2, 0.25) is 5.15 Å². The lowest BCUT2D eigenvalue weighted by Gasteiger charge is -2.05. The summed E-state index contributed by atoms with van der Waals surface area (Å²) in [5, 5.41) is 16.2. The van der Waals surface area contributed by atoms with Crippen molar-refractivity contribution in [2.75, 3.05) is 10.6 Å². The van der Waals surface area contributed by atoms with Gasteiger partial charge in [0.1, 0.15) is 16.0 Å². The zero-order valence-electron chi connectivity index (χ0n) is 14.3. The third-order valence-corrected chi connectivity index (χ3v) is 5.67. The summed E-state index contributed by atoms with van der Waals surface area (Å²) >= 11 is 8.95. The number of halogens is 1. The van der Waals surface area contributed by atoms with Crippen molar-refractivity contribution in [2.45, 2.75) is 35.0 Å². The van der Waals surface area contributed by atoms with Gasteiger partial charge in [-0.05, 0) is 42.8 Å². The maximum Gasteiger partial charge on any atom is 0.221 e. The van der Waals surface area contributed by atoms with E-state index in [0.29, 0.717) is 16.2 Å². The van der Waals surface area contributed by atoms with Crippen LogP contribution in [-0.2, 0) is 4.79 Å². The minimum Gasteiger partial charge on any atom is -0.330 e. The van der Waals surface area contributed by atoms with Gasteiger partial charge in [0.2, 0.25) is 11.0 Å². The highest BCUT2D eigenvalue weighted by Crippen LogP contribution is 2.40. The lowest BCUT2D eigenvalue weighted by Crippen LogP contribution is -2.05. The highest BCUT2D eigenvalue weighted by atomic mass is 35.5. The molecule has 1 aromatic carbocycles. The molecule has 27 heavy (non-hydrogen) atoms. The summed E-state index contributed by atoms with van der Waals surface area (Å²) in [7, 11) is 0. The Hall–Kier alpha value is -2.23. The van der Waals surface area contributed by atoms with Gasteiger partial charge >= 0.3 is 0 Å². The molecule has 0 bridgehead atoms. The van der Waals surface area contributed by atoms with E-state index in [0.717, 1.165) is 39.4 Å². The second-order valence-electron chi connectivity index (χ2n) is 6.02. The predicted octanol–water partition coefficient (Wildman–Crippen LogP) is 4.71. The second-order valence-corrected chi connectivity index (χ2v) is 8.66. The van der Waals surface area contributed by atoms with Crippen LogP contribution in [0.4, 0.5) is 16.5 Å². The number of nitrogens with one attached hydrogen (secondary N) is 2. The summed E-state index contributed by atoms with van der Waals surface area (Å²) in [6.07, 6.45) is 2.24. The molecule has 0 unspecified atom stereocenters. The van der Waals surface area contributed by atoms with E-state index in [9.17, 15) is 4.79 Å². The maximum atomic E-state index is 11.2. The number of nitrogens with zero attached hydrogens (tertiary/aromatic N) is 4. The van der Waals surface area contributed by atoms with Crippen molar-refractivity contribution in [1.29, 1.82) is 0 Å². The Labute approximate surface area is 169 Å². The van der Waals surface area contributed by atoms with Gasteiger partial charge in [-0.3, -0.25) is 4.79 Å². The summed E-state index contributed by atoms with van der Waals surface area (Å²) in [5.41, 5.74) is 1.53. The molecule has 7 nitrogen and oxygen atoms in total. The predicted molar refractivity (Wildman–Crippen MR) is 107 cm³/mol. The van der Waals surface area contributed by atoms with E-state index in [1.807, 2.05) is 24.3 Å². The molecule has 1 saturated carbocycles. The molecule has 2 heterocycles. The molecule has 0 radical (unpaired) electrons. The van der Waals surface area contributed by atoms with Crippen LogP contribution in [-0.4, -0.2) is 26.1 Å². The van der Waals surface area contributed by atoms with Crippen LogP contribution in [0.25, 0.3) is 0 Å². The molecule has 138 valence electrons. The van der Waals surface area contributed by atoms with Crippen LogP contribution in [0.15, 0.2) is 39.7 Å². The van der Waals surface area contributed by atoms with Crippen molar-refractivity contribution in [3.05, 3.63) is 41.3 Å². The molecular weight excluding hydrogens is 404 g/mol. The summed E-state index contributed by atoms with van der Waals surface area (Å²) in [5.74, 6) is 1.13. The van der Waals surface area contributed by atoms with E-state index >= 15 is 0 Å². The fourth-order valence-corrected chi connectivity index (χ4v) is 4.36. The van der Waals surface area contributed by atoms with Crippen LogP contribution < -0.4 is 10.6 Å². The van der Waals surface area contributed by atoms with Crippen molar-refractivity contribution in [2.24, 2.45) is 0 Å². The largest absolute Gasteiger partial charge is 0.330 e. The number of hydrogen-bond donors (Lipinski definition) is 2. The molecule has 0 saturated heterocycles. The summed E-state index contributed by atoms with van der Waals surface area (Å²) < 4.78 is 0.757. The van der Waals surface area contributed by atoms with Crippen LogP contribution in [0.5, 0.6) is 0 Å². The Kier molecular flexibility index (Phi) is 5.24. The zero-order valence-corrected chi connectivity index (χ0v) is 16.7. The van der Waals surface area contributed by atoms with E-state index < -0.39 is 0 Å². The van der Waals surface area contributed by atoms with Crippen LogP contribution in [0.3, 0.4) is 0 Å². The van der Waals surface area contributed by atoms with Gasteiger partial charge in [0, 0.05) is 30.3 Å². The monoisotopic (exact) mass is 418 g/mol. The van der Waals surface area contributed by atoms with Crippen LogP contribution >= 0.6 is 34.7 Å². The van der Waals surface area contributed by atoms with Gasteiger partial charge in [0.05, 0.1) is 0 Å². The number of rotatable bonds is 6. The quantitative estimate of drug-likeness (QED) is 0.560. The van der Waals surface area contributed by atoms with Gasteiger partial charge < -0.3 is 10.6 Å². The molecule has 1 fully saturated rings. The highest BCUT2D eigenvalue weighted by Gasteiger charge is 2.27. The number of anilines is 3. The molecule has 2 aromatic heterocycles. The average molecular weight is 419 g/mol. The van der Waals surface area contributed by atoms with E-state index in [1.165, 1.54) is 30.0 Å². The molecule has 4 rings (SSSR count). The minimum absolute atomic E-state index is 0.115. The Balaban J connectivity index is 1.45. The van der Waals surface area contributed by atoms with E-state index in [4.69, 9.17) is 11.6 Å². The van der Waals surface area contributed by atoms with Gasteiger partial charge in [-0.2, -0.15) is 0 Å². The van der Waals surface area contributed by atoms with Crippen molar-refractivity contribution in [3.63, 3.8) is 0 Å². The van der Waals surface area contributed by atoms with Crippen molar-refractivity contribution in [1.82, 2.24) is 20.2 Å². The Morgan fingerprint density at radius 1 is 1.22 bits per heavy atom. The van der Waals surface area contributed by atoms with Crippen molar-refractivity contribution < 1.29 is 4.79 Å². The molecule has 0 aliphatic heterocycles. The highest BCUT2D eigenvalue weighted by molar-refractivity contribution is 8.01. The molecule has 1 aliphatic rings. The first-order valence-electron chi connectivity index (χ1n) is 8.26. The standard InChI is InChI=1S/C17H15ClN6OS2/c1-9(25)19-11-3-2-4-12(7-11)20-16-23-24-17(27-16)26-14-8-13(18)21-15(22-14)10-5-6-10/h2-4,7-8,10H,5-6H2,1H3,(H,19,25)(H,20,23). The normalized spacial score (nSPS) is 13.4. The van der Waals surface area contributed by atoms with Gasteiger partial charge in [-0.25, -0.2) is 9.97 Å². The van der Waals surface area contributed by atoms with Gasteiger partial charge in [0.15, 0.2) is 4.34 Å². The third-order valence-electron chi connectivity index (χ3n) is 3.66. The average Bonchev–Trinajstić information content (AvgIpc) is 3.36. The van der Waals surface area contributed by atoms with Gasteiger partial charge in [-0.15, -0.1) is 10.2 Å². The van der Waals surface area contributed by atoms with Crippen molar-refractivity contribution in [3.8, 4) is 0 Å². The molecule has 3 aromatic rings. The zero-order chi connectivity index (χ0) is 18.8. The Morgan fingerprint density at radius 2 is 2.04 bits per heavy atom. The topological polar surface area (TPSA) is 92.7 Å². The number of hydrogen-bond acceptors (Lipinski definition) is 8. The number of amides is 1. The molecule has 0 atom stereocenters. The fourth-order valence-electron chi connectivity index (χ4n) is 2.38. The molecule has 2 N–H and O–H groups in total. The number of aromatic nitrogens is 4. The fraction of sp³-hybridized carbons (Fsp3) is 0.235. The number of benzene rings is 1. The summed E-state index contributed by atoms with van der Waals surface area (Å²) in [4.78, 5) is 20.0. The molecule has 10 heteroatoms. The third kappa shape index (κ3) is 4.94. The summed E-state index contributed by atoms with van der Waals surface area (Å²) in [6, 6.07) is 9.15. The first-order chi connectivity index (χ1) is 13.0. The summed E-state index contributed by atoms with van der Waals surface area (Å²) in [6.45, 7) is 1.47. The Bertz CT molecular complexity index is 991. The molecule has 1 aliphatic carbocycles. The second kappa shape index (κ2) is 7.79. The Morgan fingerprint density at radius 3 is 2.81 bits per heavy atom. The minimum atomic E-state index is -0.115. The van der Waals surface area contributed by atoms with E-state index in [2.05, 4.69) is 30.8 Å².